The van der Waals surface area contributed by atoms with Crippen molar-refractivity contribution < 1.29 is 14.6 Å². The van der Waals surface area contributed by atoms with E-state index in [1.807, 2.05) is 6.20 Å². The highest BCUT2D eigenvalue weighted by atomic mass is 35.5. The Morgan fingerprint density at radius 3 is 2.91 bits per heavy atom. The van der Waals surface area contributed by atoms with E-state index in [2.05, 4.69) is 9.36 Å². The van der Waals surface area contributed by atoms with Crippen molar-refractivity contribution in [2.75, 3.05) is 0 Å². The van der Waals surface area contributed by atoms with Gasteiger partial charge >= 0.3 is 5.97 Å². The Morgan fingerprint density at radius 2 is 2.17 bits per heavy atom. The third kappa shape index (κ3) is 2.50. The van der Waals surface area contributed by atoms with Crippen LogP contribution in [0.4, 0.5) is 0 Å². The maximum atomic E-state index is 11.5. The van der Waals surface area contributed by atoms with E-state index in [9.17, 15) is 9.90 Å². The number of aryl methyl sites for hydroxylation is 1. The Bertz CT molecular complexity index is 902. The number of fused-ring (bicyclic) bond motifs is 3. The molecule has 0 spiro atoms. The topological polar surface area (TPSA) is 72.3 Å². The number of carboxylic acids is 1. The van der Waals surface area contributed by atoms with Crippen LogP contribution in [0.2, 0.25) is 5.15 Å². The van der Waals surface area contributed by atoms with Crippen molar-refractivity contribution in [1.82, 2.24) is 9.36 Å². The molecule has 0 saturated heterocycles. The molecule has 1 aliphatic rings. The predicted molar refractivity (Wildman–Crippen MR) is 89.1 cm³/mol. The largest absolute Gasteiger partial charge is 0.477 e. The Labute approximate surface area is 144 Å². The smallest absolute Gasteiger partial charge is 0.346 e. The number of nitrogens with zero attached hydrogens (tertiary/aromatic N) is 2. The zero-order valence-corrected chi connectivity index (χ0v) is 14.0. The summed E-state index contributed by atoms with van der Waals surface area (Å²) >= 11 is 8.29. The summed E-state index contributed by atoms with van der Waals surface area (Å²) < 4.78 is 10.1. The summed E-state index contributed by atoms with van der Waals surface area (Å²) in [5.41, 5.74) is 2.82. The third-order valence-corrected chi connectivity index (χ3v) is 5.78. The number of carbonyl (C=O) groups is 1. The zero-order valence-electron chi connectivity index (χ0n) is 11.6. The second-order valence-electron chi connectivity index (χ2n) is 4.98. The van der Waals surface area contributed by atoms with Gasteiger partial charge in [-0.3, -0.25) is 0 Å². The summed E-state index contributed by atoms with van der Waals surface area (Å²) in [7, 11) is 0. The van der Waals surface area contributed by atoms with Crippen molar-refractivity contribution in [3.8, 4) is 21.3 Å². The first-order chi connectivity index (χ1) is 11.1. The van der Waals surface area contributed by atoms with Crippen LogP contribution in [0.5, 0.6) is 10.8 Å². The highest BCUT2D eigenvalue weighted by Gasteiger charge is 2.30. The molecule has 4 rings (SSSR count). The van der Waals surface area contributed by atoms with Crippen molar-refractivity contribution >= 4 is 40.4 Å². The number of aromatic carboxylic acids is 1. The standard InChI is InChI=1S/C15H9ClN2O3S2/c16-10-4-2-8(6-17-10)21-15-11-9(13(22-15)14(19)20)3-1-7-5-18-23-12(7)11/h2,4-6H,1,3H2,(H,19,20). The van der Waals surface area contributed by atoms with Crippen LogP contribution in [0.15, 0.2) is 24.5 Å². The third-order valence-electron chi connectivity index (χ3n) is 3.60. The van der Waals surface area contributed by atoms with Crippen LogP contribution in [0.25, 0.3) is 10.4 Å². The van der Waals surface area contributed by atoms with Crippen LogP contribution in [0, 0.1) is 0 Å². The maximum absolute atomic E-state index is 11.5. The number of hydrogen-bond donors (Lipinski definition) is 1. The number of carboxylic acid groups (broad SMARTS) is 1. The highest BCUT2D eigenvalue weighted by Crippen LogP contribution is 2.49. The van der Waals surface area contributed by atoms with Crippen LogP contribution < -0.4 is 4.74 Å². The second kappa shape index (κ2) is 5.59. The molecule has 0 atom stereocenters. The first-order valence-electron chi connectivity index (χ1n) is 6.76. The predicted octanol–water partition coefficient (Wildman–Crippen LogP) is 4.51. The van der Waals surface area contributed by atoms with E-state index in [-0.39, 0.29) is 0 Å². The molecule has 0 aliphatic heterocycles. The Kier molecular flexibility index (Phi) is 3.56. The van der Waals surface area contributed by atoms with E-state index in [1.165, 1.54) is 17.7 Å². The van der Waals surface area contributed by atoms with E-state index in [0.29, 0.717) is 27.3 Å². The molecule has 0 amide bonds. The number of rotatable bonds is 3. The van der Waals surface area contributed by atoms with Gasteiger partial charge in [0.15, 0.2) is 5.06 Å². The number of aromatic nitrogens is 2. The summed E-state index contributed by atoms with van der Waals surface area (Å²) in [6.45, 7) is 0. The van der Waals surface area contributed by atoms with Crippen LogP contribution in [-0.4, -0.2) is 20.4 Å². The Morgan fingerprint density at radius 1 is 1.30 bits per heavy atom. The molecule has 3 aromatic heterocycles. The van der Waals surface area contributed by atoms with E-state index >= 15 is 0 Å². The lowest BCUT2D eigenvalue weighted by molar-refractivity contribution is 0.0701. The molecule has 23 heavy (non-hydrogen) atoms. The van der Waals surface area contributed by atoms with E-state index in [0.717, 1.165) is 39.3 Å². The molecule has 0 bridgehead atoms. The quantitative estimate of drug-likeness (QED) is 0.692. The van der Waals surface area contributed by atoms with Crippen molar-refractivity contribution in [1.29, 1.82) is 0 Å². The number of thiophene rings is 1. The molecular formula is C15H9ClN2O3S2. The minimum atomic E-state index is -0.928. The van der Waals surface area contributed by atoms with Crippen molar-refractivity contribution in [2.24, 2.45) is 0 Å². The molecule has 3 heterocycles. The summed E-state index contributed by atoms with van der Waals surface area (Å²) in [5, 5.41) is 10.4. The van der Waals surface area contributed by atoms with Gasteiger partial charge in [0.1, 0.15) is 15.8 Å². The molecule has 0 fully saturated rings. The van der Waals surface area contributed by atoms with Gasteiger partial charge < -0.3 is 9.84 Å². The molecule has 3 aromatic rings. The Hall–Kier alpha value is -1.96. The fraction of sp³-hybridized carbons (Fsp3) is 0.133. The van der Waals surface area contributed by atoms with E-state index in [4.69, 9.17) is 16.3 Å². The summed E-state index contributed by atoms with van der Waals surface area (Å²) in [4.78, 5) is 16.9. The van der Waals surface area contributed by atoms with Crippen LogP contribution in [0.1, 0.15) is 20.8 Å². The minimum absolute atomic E-state index is 0.330. The van der Waals surface area contributed by atoms with Gasteiger partial charge in [0.25, 0.3) is 0 Å². The lowest BCUT2D eigenvalue weighted by Gasteiger charge is -2.13. The van der Waals surface area contributed by atoms with Gasteiger partial charge in [-0.05, 0) is 47.6 Å². The van der Waals surface area contributed by atoms with Gasteiger partial charge in [0.05, 0.1) is 16.6 Å². The monoisotopic (exact) mass is 364 g/mol. The maximum Gasteiger partial charge on any atom is 0.346 e. The average Bonchev–Trinajstić information content (AvgIpc) is 3.13. The van der Waals surface area contributed by atoms with Gasteiger partial charge in [-0.15, -0.1) is 0 Å². The average molecular weight is 365 g/mol. The fourth-order valence-electron chi connectivity index (χ4n) is 2.59. The molecule has 0 radical (unpaired) electrons. The molecule has 0 saturated carbocycles. The zero-order chi connectivity index (χ0) is 16.0. The first kappa shape index (κ1) is 14.6. The summed E-state index contributed by atoms with van der Waals surface area (Å²) in [6.07, 6.45) is 4.85. The van der Waals surface area contributed by atoms with Crippen molar-refractivity contribution in [3.05, 3.63) is 45.7 Å². The van der Waals surface area contributed by atoms with Gasteiger partial charge in [-0.2, -0.15) is 0 Å². The normalized spacial score (nSPS) is 12.6. The number of ether oxygens (including phenoxy) is 1. The van der Waals surface area contributed by atoms with Crippen molar-refractivity contribution in [3.63, 3.8) is 0 Å². The molecular weight excluding hydrogens is 356 g/mol. The van der Waals surface area contributed by atoms with Gasteiger partial charge in [-0.25, -0.2) is 14.2 Å². The molecule has 0 aromatic carbocycles. The SMILES string of the molecule is O=C(O)c1sc(Oc2ccc(Cl)nc2)c2c1CCc1cnsc1-2. The number of pyridine rings is 1. The summed E-state index contributed by atoms with van der Waals surface area (Å²) in [5.74, 6) is -0.407. The van der Waals surface area contributed by atoms with E-state index in [1.54, 1.807) is 12.1 Å². The molecule has 8 heteroatoms. The van der Waals surface area contributed by atoms with Gasteiger partial charge in [0.2, 0.25) is 0 Å². The lowest BCUT2D eigenvalue weighted by Crippen LogP contribution is -2.04. The van der Waals surface area contributed by atoms with Crippen LogP contribution in [-0.2, 0) is 12.8 Å². The number of hydrogen-bond acceptors (Lipinski definition) is 6. The second-order valence-corrected chi connectivity index (χ2v) is 7.15. The van der Waals surface area contributed by atoms with Crippen molar-refractivity contribution in [2.45, 2.75) is 12.8 Å². The summed E-state index contributed by atoms with van der Waals surface area (Å²) in [6, 6.07) is 3.34. The lowest BCUT2D eigenvalue weighted by atomic mass is 9.93. The molecule has 0 unspecified atom stereocenters. The van der Waals surface area contributed by atoms with Gasteiger partial charge in [0, 0.05) is 6.20 Å². The van der Waals surface area contributed by atoms with Crippen LogP contribution >= 0.6 is 34.5 Å². The molecule has 5 nitrogen and oxygen atoms in total. The molecule has 1 N–H and O–H groups in total. The Balaban J connectivity index is 1.84. The molecule has 116 valence electrons. The molecule has 1 aliphatic carbocycles. The first-order valence-corrected chi connectivity index (χ1v) is 8.72. The minimum Gasteiger partial charge on any atom is -0.477 e. The highest BCUT2D eigenvalue weighted by molar-refractivity contribution is 7.17. The number of halogens is 1. The van der Waals surface area contributed by atoms with E-state index < -0.39 is 5.97 Å². The fourth-order valence-corrected chi connectivity index (χ4v) is 4.69. The van der Waals surface area contributed by atoms with Gasteiger partial charge in [-0.1, -0.05) is 22.9 Å². The van der Waals surface area contributed by atoms with Crippen LogP contribution in [0.3, 0.4) is 0 Å².